The highest BCUT2D eigenvalue weighted by Gasteiger charge is 2.23. The summed E-state index contributed by atoms with van der Waals surface area (Å²) in [6.45, 7) is 37.0. The molecule has 538 valence electrons. The third kappa shape index (κ3) is 27.4. The van der Waals surface area contributed by atoms with Crippen molar-refractivity contribution in [2.24, 2.45) is 30.7 Å². The molecule has 9 heteroatoms. The molecule has 0 bridgehead atoms. The first-order valence-corrected chi connectivity index (χ1v) is 33.2. The predicted molar refractivity (Wildman–Crippen MR) is 439 cm³/mol. The number of thiazole rings is 1. The average molecular weight is 1350 g/mol. The van der Waals surface area contributed by atoms with E-state index in [9.17, 15) is 4.79 Å². The molecule has 0 unspecified atom stereocenters. The van der Waals surface area contributed by atoms with E-state index >= 15 is 0 Å². The number of aromatic nitrogens is 4. The highest BCUT2D eigenvalue weighted by molar-refractivity contribution is 7.18. The number of nitrogens with one attached hydrogen (secondary N) is 1. The molecule has 1 amide bonds. The molecule has 5 aromatic heterocycles. The maximum absolute atomic E-state index is 11.4. The van der Waals surface area contributed by atoms with Crippen LogP contribution >= 0.6 is 11.3 Å². The lowest BCUT2D eigenvalue weighted by Gasteiger charge is -2.31. The Morgan fingerprint density at radius 2 is 1.01 bits per heavy atom. The molecule has 2 fully saturated rings. The van der Waals surface area contributed by atoms with Crippen molar-refractivity contribution in [1.82, 2.24) is 24.6 Å². The Kier molecular flexibility index (Phi) is 40.8. The third-order valence-electron chi connectivity index (χ3n) is 17.0. The molecular formula is C89H133N5O3S. The fourth-order valence-corrected chi connectivity index (χ4v) is 12.6. The Morgan fingerprint density at radius 1 is 0.510 bits per heavy atom. The smallest absolute Gasteiger partial charge is 0.227 e. The van der Waals surface area contributed by atoms with Gasteiger partial charge in [0.2, 0.25) is 5.91 Å². The van der Waals surface area contributed by atoms with Crippen LogP contribution in [0, 0.1) is 114 Å². The zero-order valence-electron chi connectivity index (χ0n) is 57.6. The number of furan rings is 2. The molecule has 0 saturated heterocycles. The zero-order valence-corrected chi connectivity index (χ0v) is 58.4. The number of amides is 1. The summed E-state index contributed by atoms with van der Waals surface area (Å²) in [5, 5.41) is 10.5. The van der Waals surface area contributed by atoms with Crippen molar-refractivity contribution in [3.05, 3.63) is 235 Å². The van der Waals surface area contributed by atoms with Gasteiger partial charge in [-0.1, -0.05) is 207 Å². The number of benzene rings is 7. The van der Waals surface area contributed by atoms with Crippen LogP contribution in [0.2, 0.25) is 0 Å². The van der Waals surface area contributed by atoms with Gasteiger partial charge in [-0.2, -0.15) is 5.10 Å². The van der Waals surface area contributed by atoms with Crippen LogP contribution in [-0.2, 0) is 24.8 Å². The molecule has 98 heavy (non-hydrogen) atoms. The second-order valence-electron chi connectivity index (χ2n) is 26.2. The SMILES string of the molecule is C.C.C.C.C.C.C.C.CC1CC(C)C1.CCC1CC(C)C1.Cc1ccc(C)cc1.Cc1ccc2c(C)c[nH]c2c1.Cc1ccc2c(C)coc2c1.Cc1ccc2c(C)nn(C)c2c1.Cc1ccc2c(c1)CN(C)C(=O)C2.Cc1ccc2nc(C)sc2c1.Cc1ccc2oc(C)cc2c1. The first kappa shape index (κ1) is 92.0. The van der Waals surface area contributed by atoms with E-state index in [1.54, 1.807) is 22.5 Å². The number of aryl methyl sites for hydroxylation is 14. The second kappa shape index (κ2) is 43.4. The lowest BCUT2D eigenvalue weighted by Crippen LogP contribution is -2.32. The van der Waals surface area contributed by atoms with Crippen LogP contribution in [0.1, 0.15) is 202 Å². The highest BCUT2D eigenvalue weighted by Crippen LogP contribution is 2.35. The molecule has 7 aromatic carbocycles. The fourth-order valence-electron chi connectivity index (χ4n) is 11.7. The highest BCUT2D eigenvalue weighted by atomic mass is 32.1. The maximum atomic E-state index is 11.4. The number of nitrogens with zero attached hydrogens (tertiary/aromatic N) is 4. The molecule has 8 nitrogen and oxygen atoms in total. The fraction of sp³-hybridized carbons (Fsp3) is 0.427. The number of fused-ring (bicyclic) bond motifs is 6. The molecule has 1 N–H and O–H groups in total. The molecule has 0 atom stereocenters. The summed E-state index contributed by atoms with van der Waals surface area (Å²) < 4.78 is 14.0. The van der Waals surface area contributed by atoms with E-state index in [0.717, 1.165) is 63.4 Å². The van der Waals surface area contributed by atoms with E-state index in [2.05, 4.69) is 245 Å². The van der Waals surface area contributed by atoms with Gasteiger partial charge in [0.05, 0.1) is 39.1 Å². The number of hydrogen-bond acceptors (Lipinski definition) is 6. The van der Waals surface area contributed by atoms with E-state index in [-0.39, 0.29) is 65.3 Å². The molecule has 12 aromatic rings. The van der Waals surface area contributed by atoms with Crippen LogP contribution in [-0.4, -0.2) is 37.6 Å². The predicted octanol–water partition coefficient (Wildman–Crippen LogP) is 27.4. The summed E-state index contributed by atoms with van der Waals surface area (Å²) in [6.07, 6.45) is 11.7. The van der Waals surface area contributed by atoms with Gasteiger partial charge in [-0.3, -0.25) is 9.48 Å². The Balaban J connectivity index is 0. The first-order chi connectivity index (χ1) is 42.8. The monoisotopic (exact) mass is 1350 g/mol. The molecule has 6 heterocycles. The minimum absolute atomic E-state index is 0. The van der Waals surface area contributed by atoms with E-state index in [1.807, 2.05) is 51.8 Å². The van der Waals surface area contributed by atoms with Crippen molar-refractivity contribution < 1.29 is 13.6 Å². The number of hydrogen-bond donors (Lipinski definition) is 1. The number of likely N-dealkylation sites (N-methyl/N-ethyl adjacent to an activating group) is 1. The maximum Gasteiger partial charge on any atom is 0.227 e. The molecule has 15 rings (SSSR count). The summed E-state index contributed by atoms with van der Waals surface area (Å²) in [7, 11) is 3.84. The Labute approximate surface area is 601 Å². The standard InChI is InChI=1S/C11H13NO.C10H12N2.C10H11N.2C10H10O.C9H9NS.C8H10.C7H14.C6H12.8CH4/c1-8-3-4-9-6-11(13)12(2)7-10(9)5-8;1-7-4-5-9-8(2)11-12(3)10(9)6-7;1-7-3-4-9-8(2)6-11-10(9)5-7;1-7-3-4-10-9(5-7)6-8(2)11-10;1-7-3-4-9-8(2)6-11-10(9)5-7;1-6-3-4-8-9(5-6)11-7(2)10-8;1-7-3-5-8(2)6-4-7;1-3-7-4-6(2)5-7;1-5-3-6(2)4-5;;;;;;;;/h3-5H,6-7H2,1-2H3;4-6H,1-3H3;3-6,11H,1-2H3;2*3-6H,1-2H3;3-5H,1-2H3;3-6H,1-2H3;6-7H,3-5H2,1-2H3;5-6H,3-4H2,1-2H3;8*1H4. The first-order valence-electron chi connectivity index (χ1n) is 32.4. The number of carbonyl (C=O) groups excluding carboxylic acids is 1. The van der Waals surface area contributed by atoms with Crippen LogP contribution in [0.5, 0.6) is 0 Å². The van der Waals surface area contributed by atoms with Crippen molar-refractivity contribution in [3.8, 4) is 0 Å². The van der Waals surface area contributed by atoms with Gasteiger partial charge >= 0.3 is 0 Å². The van der Waals surface area contributed by atoms with Crippen molar-refractivity contribution in [1.29, 1.82) is 0 Å². The lowest BCUT2D eigenvalue weighted by molar-refractivity contribution is -0.130. The molecule has 1 aliphatic heterocycles. The molecule has 2 saturated carbocycles. The van der Waals surface area contributed by atoms with Gasteiger partial charge in [0.1, 0.15) is 16.9 Å². The van der Waals surface area contributed by atoms with Gasteiger partial charge < -0.3 is 18.7 Å². The van der Waals surface area contributed by atoms with Gasteiger partial charge in [0.15, 0.2) is 0 Å². The molecule has 0 spiro atoms. The van der Waals surface area contributed by atoms with Crippen molar-refractivity contribution in [2.75, 3.05) is 7.05 Å². The largest absolute Gasteiger partial charge is 0.464 e. The number of H-pyrrole nitrogens is 1. The van der Waals surface area contributed by atoms with Gasteiger partial charge in [-0.25, -0.2) is 4.98 Å². The van der Waals surface area contributed by atoms with E-state index in [1.165, 1.54) is 136 Å². The summed E-state index contributed by atoms with van der Waals surface area (Å²) in [6, 6.07) is 48.5. The number of carbonyl (C=O) groups is 1. The molecule has 3 aliphatic rings. The van der Waals surface area contributed by atoms with E-state index in [4.69, 9.17) is 8.83 Å². The topological polar surface area (TPSA) is 93.1 Å². The average Bonchev–Trinajstić information content (AvgIpc) is 1.36. The van der Waals surface area contributed by atoms with Crippen molar-refractivity contribution >= 4 is 71.2 Å². The molecule has 0 radical (unpaired) electrons. The van der Waals surface area contributed by atoms with Gasteiger partial charge in [-0.05, 0) is 232 Å². The quantitative estimate of drug-likeness (QED) is 0.177. The van der Waals surface area contributed by atoms with Crippen LogP contribution in [0.25, 0.3) is 54.0 Å². The summed E-state index contributed by atoms with van der Waals surface area (Å²) in [5.74, 6) is 5.42. The van der Waals surface area contributed by atoms with Gasteiger partial charge in [-0.15, -0.1) is 11.3 Å². The minimum atomic E-state index is 0. The number of rotatable bonds is 1. The van der Waals surface area contributed by atoms with Crippen LogP contribution in [0.15, 0.2) is 161 Å². The Bertz CT molecular complexity index is 4030. The van der Waals surface area contributed by atoms with Crippen molar-refractivity contribution in [3.63, 3.8) is 0 Å². The zero-order chi connectivity index (χ0) is 65.3. The summed E-state index contributed by atoms with van der Waals surface area (Å²) in [4.78, 5) is 20.7. The van der Waals surface area contributed by atoms with E-state index in [0.29, 0.717) is 6.42 Å². The van der Waals surface area contributed by atoms with E-state index < -0.39 is 0 Å². The van der Waals surface area contributed by atoms with Gasteiger partial charge in [0.25, 0.3) is 0 Å². The normalized spacial score (nSPS) is 14.6. The minimum Gasteiger partial charge on any atom is -0.464 e. The number of aromatic amines is 1. The van der Waals surface area contributed by atoms with Crippen LogP contribution in [0.3, 0.4) is 0 Å². The Morgan fingerprint density at radius 3 is 1.58 bits per heavy atom. The third-order valence-corrected chi connectivity index (χ3v) is 18.0. The van der Waals surface area contributed by atoms with Crippen molar-refractivity contribution in [2.45, 2.75) is 222 Å². The Hall–Kier alpha value is -8.01. The molecule has 2 aliphatic carbocycles. The van der Waals surface area contributed by atoms with Crippen LogP contribution in [0.4, 0.5) is 0 Å². The summed E-state index contributed by atoms with van der Waals surface area (Å²) in [5.41, 5.74) is 22.0. The van der Waals surface area contributed by atoms with Crippen LogP contribution < -0.4 is 0 Å². The summed E-state index contributed by atoms with van der Waals surface area (Å²) >= 11 is 1.76. The molecular weight excluding hydrogens is 1220 g/mol. The van der Waals surface area contributed by atoms with Gasteiger partial charge in [0, 0.05) is 53.9 Å². The lowest BCUT2D eigenvalue weighted by atomic mass is 9.75. The second-order valence-corrected chi connectivity index (χ2v) is 27.4.